The molecule has 4 N–H and O–H groups in total. The highest BCUT2D eigenvalue weighted by atomic mass is 35.5. The van der Waals surface area contributed by atoms with Crippen LogP contribution in [0.15, 0.2) is 55.0 Å². The van der Waals surface area contributed by atoms with Gasteiger partial charge < -0.3 is 30.5 Å². The van der Waals surface area contributed by atoms with Gasteiger partial charge >= 0.3 is 0 Å². The molecule has 0 bridgehead atoms. The van der Waals surface area contributed by atoms with Crippen molar-refractivity contribution in [2.45, 2.75) is 82.8 Å². The number of nitrogens with two attached hydrogens (primary N) is 1. The molecule has 4 amide bonds. The number of halogens is 3. The number of carbonyl (C=O) groups is 4. The highest BCUT2D eigenvalue weighted by Crippen LogP contribution is 2.34. The number of hydrogen-bond acceptors (Lipinski definition) is 10. The Labute approximate surface area is 370 Å². The summed E-state index contributed by atoms with van der Waals surface area (Å²) in [4.78, 5) is 60.6. The monoisotopic (exact) mass is 887 g/mol. The van der Waals surface area contributed by atoms with Crippen LogP contribution in [0.2, 0.25) is 10.0 Å². The fraction of sp³-hybridized carbons (Fsp3) is 0.467. The number of likely N-dealkylation sites (tertiary alicyclic amines) is 2. The predicted molar refractivity (Wildman–Crippen MR) is 234 cm³/mol. The van der Waals surface area contributed by atoms with Gasteiger partial charge in [0.25, 0.3) is 5.91 Å². The summed E-state index contributed by atoms with van der Waals surface area (Å²) in [6.45, 7) is 5.87. The minimum absolute atomic E-state index is 0.0188. The van der Waals surface area contributed by atoms with Gasteiger partial charge in [0.15, 0.2) is 11.6 Å². The van der Waals surface area contributed by atoms with Crippen LogP contribution in [-0.2, 0) is 27.3 Å². The smallest absolute Gasteiger partial charge is 0.255 e. The number of nitrogens with one attached hydrogen (secondary N) is 2. The lowest BCUT2D eigenvalue weighted by Crippen LogP contribution is -2.52. The molecule has 6 heterocycles. The molecule has 2 aromatic carbocycles. The number of benzene rings is 2. The van der Waals surface area contributed by atoms with Crippen molar-refractivity contribution in [1.82, 2.24) is 34.8 Å². The first-order valence-electron chi connectivity index (χ1n) is 21.6. The molecule has 3 fully saturated rings. The van der Waals surface area contributed by atoms with Crippen molar-refractivity contribution >= 4 is 58.3 Å². The van der Waals surface area contributed by atoms with Crippen molar-refractivity contribution in [2.75, 3.05) is 56.9 Å². The first-order chi connectivity index (χ1) is 30.0. The van der Waals surface area contributed by atoms with Gasteiger partial charge in [-0.2, -0.15) is 5.10 Å². The summed E-state index contributed by atoms with van der Waals surface area (Å²) < 4.78 is 21.8. The number of piperidine rings is 2. The van der Waals surface area contributed by atoms with Gasteiger partial charge in [-0.05, 0) is 74.5 Å². The molecule has 3 saturated heterocycles. The number of unbranched alkanes of at least 4 members (excludes halogenated alkanes) is 3. The molecule has 17 heteroatoms. The van der Waals surface area contributed by atoms with Crippen molar-refractivity contribution < 1.29 is 28.3 Å². The van der Waals surface area contributed by atoms with Crippen LogP contribution in [0.1, 0.15) is 85.3 Å². The molecule has 2 aromatic heterocycles. The minimum atomic E-state index is -0.620. The standard InChI is InChI=1S/C45H52Cl2FN9O5/c46-35-9-10-36(48)42(47)33(35)15-19-62-39-20-29(22-51-43(39)49)30-23-52-57(26-30)31-13-17-55(18-14-31)41(59)8-3-1-2-4-16-54-24-28(25-54)21-50-37-7-5-6-32-34(37)27-56(45(32)61)38-11-12-40(58)53-44(38)60/h5-7,9-10,20,22-23,26,28,31,38,50H,1-4,8,11-19,21,24-25,27H2,(H2,49,51)(H,53,58,60)/t38-/m1/s1. The van der Waals surface area contributed by atoms with E-state index >= 15 is 0 Å². The first-order valence-corrected chi connectivity index (χ1v) is 22.3. The van der Waals surface area contributed by atoms with Gasteiger partial charge in [0, 0.05) is 110 Å². The van der Waals surface area contributed by atoms with Gasteiger partial charge in [0.05, 0.1) is 23.9 Å². The Morgan fingerprint density at radius 2 is 1.81 bits per heavy atom. The molecule has 0 saturated carbocycles. The van der Waals surface area contributed by atoms with Crippen LogP contribution in [-0.4, -0.2) is 105 Å². The Morgan fingerprint density at radius 1 is 1.00 bits per heavy atom. The number of nitrogen functional groups attached to an aromatic ring is 1. The summed E-state index contributed by atoms with van der Waals surface area (Å²) in [5, 5.41) is 10.9. The lowest BCUT2D eigenvalue weighted by Gasteiger charge is -2.39. The summed E-state index contributed by atoms with van der Waals surface area (Å²) in [7, 11) is 0. The summed E-state index contributed by atoms with van der Waals surface area (Å²) >= 11 is 12.3. The van der Waals surface area contributed by atoms with Crippen LogP contribution >= 0.6 is 23.2 Å². The zero-order chi connectivity index (χ0) is 43.3. The number of rotatable bonds is 17. The molecule has 14 nitrogen and oxygen atoms in total. The van der Waals surface area contributed by atoms with E-state index in [1.54, 1.807) is 17.3 Å². The average molecular weight is 889 g/mol. The maximum Gasteiger partial charge on any atom is 0.255 e. The minimum Gasteiger partial charge on any atom is -0.489 e. The second-order valence-corrected chi connectivity index (χ2v) is 17.5. The average Bonchev–Trinajstić information content (AvgIpc) is 3.88. The van der Waals surface area contributed by atoms with E-state index in [0.29, 0.717) is 66.7 Å². The van der Waals surface area contributed by atoms with E-state index in [2.05, 4.69) is 25.6 Å². The summed E-state index contributed by atoms with van der Waals surface area (Å²) in [5.74, 6) is -0.0000913. The van der Waals surface area contributed by atoms with Crippen LogP contribution in [0.25, 0.3) is 11.1 Å². The van der Waals surface area contributed by atoms with Crippen molar-refractivity contribution in [2.24, 2.45) is 5.92 Å². The fourth-order valence-electron chi connectivity index (χ4n) is 8.97. The van der Waals surface area contributed by atoms with E-state index in [1.807, 2.05) is 40.0 Å². The van der Waals surface area contributed by atoms with Crippen LogP contribution < -0.4 is 21.1 Å². The third-order valence-corrected chi connectivity index (χ3v) is 13.3. The van der Waals surface area contributed by atoms with Crippen molar-refractivity contribution in [3.05, 3.63) is 87.5 Å². The number of pyridine rings is 1. The van der Waals surface area contributed by atoms with Gasteiger partial charge in [-0.3, -0.25) is 29.2 Å². The maximum absolute atomic E-state index is 13.9. The van der Waals surface area contributed by atoms with Gasteiger partial charge in [0.2, 0.25) is 17.7 Å². The van der Waals surface area contributed by atoms with E-state index < -0.39 is 17.8 Å². The zero-order valence-corrected chi connectivity index (χ0v) is 36.1. The second-order valence-electron chi connectivity index (χ2n) is 16.8. The maximum atomic E-state index is 13.9. The third kappa shape index (κ3) is 9.85. The number of anilines is 2. The van der Waals surface area contributed by atoms with Crippen LogP contribution in [0, 0.1) is 11.7 Å². The molecular weight excluding hydrogens is 836 g/mol. The summed E-state index contributed by atoms with van der Waals surface area (Å²) in [6.07, 6.45) is 12.7. The Balaban J connectivity index is 0.691. The fourth-order valence-corrected chi connectivity index (χ4v) is 9.53. The Hall–Kier alpha value is -5.25. The lowest BCUT2D eigenvalue weighted by molar-refractivity contribution is -0.137. The Morgan fingerprint density at radius 3 is 2.61 bits per heavy atom. The van der Waals surface area contributed by atoms with Crippen LogP contribution in [0.3, 0.4) is 0 Å². The molecule has 0 spiro atoms. The van der Waals surface area contributed by atoms with Crippen molar-refractivity contribution in [1.29, 1.82) is 0 Å². The molecule has 4 aliphatic rings. The SMILES string of the molecule is Nc1ncc(-c2cnn(C3CCN(C(=O)CCCCCCN4CC(CNc5cccc6c5CN([C@@H]5CCC(=O)NC5=O)C6=O)C4)CC3)c2)cc1OCCc1c(Cl)ccc(F)c1Cl. The zero-order valence-electron chi connectivity index (χ0n) is 34.6. The van der Waals surface area contributed by atoms with Gasteiger partial charge in [0.1, 0.15) is 11.9 Å². The normalized spacial score (nSPS) is 18.5. The number of fused-ring (bicyclic) bond motifs is 1. The van der Waals surface area contributed by atoms with Crippen molar-refractivity contribution in [3.63, 3.8) is 0 Å². The quantitative estimate of drug-likeness (QED) is 0.0604. The van der Waals surface area contributed by atoms with Crippen LogP contribution in [0.4, 0.5) is 15.9 Å². The highest BCUT2D eigenvalue weighted by Gasteiger charge is 2.40. The van der Waals surface area contributed by atoms with Crippen LogP contribution in [0.5, 0.6) is 5.75 Å². The molecule has 0 aliphatic carbocycles. The van der Waals surface area contributed by atoms with Crippen molar-refractivity contribution in [3.8, 4) is 16.9 Å². The van der Waals surface area contributed by atoms with Gasteiger partial charge in [-0.15, -0.1) is 0 Å². The molecular formula is C45H52Cl2FN9O5. The Kier molecular flexibility index (Phi) is 13.6. The molecule has 62 heavy (non-hydrogen) atoms. The van der Waals surface area contributed by atoms with E-state index in [4.69, 9.17) is 33.7 Å². The molecule has 4 aliphatic heterocycles. The van der Waals surface area contributed by atoms with E-state index in [9.17, 15) is 23.6 Å². The number of ether oxygens (including phenoxy) is 1. The van der Waals surface area contributed by atoms with Gasteiger partial charge in [-0.25, -0.2) is 9.37 Å². The number of amides is 4. The molecule has 328 valence electrons. The molecule has 4 aromatic rings. The van der Waals surface area contributed by atoms with Gasteiger partial charge in [-0.1, -0.05) is 42.1 Å². The summed E-state index contributed by atoms with van der Waals surface area (Å²) in [5.41, 5.74) is 10.7. The third-order valence-electron chi connectivity index (χ3n) is 12.6. The number of hydrogen-bond donors (Lipinski definition) is 3. The lowest BCUT2D eigenvalue weighted by atomic mass is 9.98. The molecule has 0 unspecified atom stereocenters. The number of carbonyl (C=O) groups excluding carboxylic acids is 4. The van der Waals surface area contributed by atoms with E-state index in [0.717, 1.165) is 87.1 Å². The largest absolute Gasteiger partial charge is 0.489 e. The Bertz CT molecular complexity index is 2310. The first kappa shape index (κ1) is 43.4. The topological polar surface area (TPSA) is 168 Å². The number of imide groups is 1. The number of aromatic nitrogens is 3. The molecule has 0 radical (unpaired) electrons. The molecule has 1 atom stereocenters. The highest BCUT2D eigenvalue weighted by molar-refractivity contribution is 6.36. The molecule has 8 rings (SSSR count). The second kappa shape index (κ2) is 19.4. The van der Waals surface area contributed by atoms with E-state index in [-0.39, 0.29) is 47.6 Å². The number of nitrogens with zero attached hydrogens (tertiary/aromatic N) is 6. The van der Waals surface area contributed by atoms with E-state index in [1.165, 1.54) is 12.1 Å². The summed E-state index contributed by atoms with van der Waals surface area (Å²) in [6, 6.07) is 9.75. The predicted octanol–water partition coefficient (Wildman–Crippen LogP) is 6.51.